The zero-order valence-corrected chi connectivity index (χ0v) is 19.4. The minimum absolute atomic E-state index is 0.440. The Morgan fingerprint density at radius 3 is 2.45 bits per heavy atom. The molecular weight excluding hydrogens is 388 g/mol. The number of allylic oxidation sites excluding steroid dienone is 5. The Morgan fingerprint density at radius 1 is 1.19 bits per heavy atom. The fourth-order valence-electron chi connectivity index (χ4n) is 3.31. The van der Waals surface area contributed by atoms with Gasteiger partial charge in [0.05, 0.1) is 18.9 Å². The summed E-state index contributed by atoms with van der Waals surface area (Å²) in [6.07, 6.45) is 7.20. The number of aromatic nitrogens is 4. The van der Waals surface area contributed by atoms with E-state index < -0.39 is 0 Å². The SMILES string of the molecule is C=Cc1nc2c(N3CCOCC3)nc(C(=C)/C=C(\C)C(=N)/C=C\C)nc2n1CC.CC. The third-order valence-corrected chi connectivity index (χ3v) is 4.85. The van der Waals surface area contributed by atoms with Gasteiger partial charge in [-0.3, -0.25) is 0 Å². The Hall–Kier alpha value is -3.06. The smallest absolute Gasteiger partial charge is 0.166 e. The number of aryl methyl sites for hydroxylation is 1. The van der Waals surface area contributed by atoms with E-state index in [2.05, 4.69) is 25.0 Å². The zero-order chi connectivity index (χ0) is 23.0. The van der Waals surface area contributed by atoms with Crippen molar-refractivity contribution in [2.75, 3.05) is 31.2 Å². The van der Waals surface area contributed by atoms with Gasteiger partial charge in [-0.25, -0.2) is 15.0 Å². The van der Waals surface area contributed by atoms with Gasteiger partial charge in [0.15, 0.2) is 22.8 Å². The van der Waals surface area contributed by atoms with E-state index in [-0.39, 0.29) is 0 Å². The number of fused-ring (bicyclic) bond motifs is 1. The van der Waals surface area contributed by atoms with Gasteiger partial charge in [-0.2, -0.15) is 0 Å². The predicted octanol–water partition coefficient (Wildman–Crippen LogP) is 4.91. The molecule has 31 heavy (non-hydrogen) atoms. The lowest BCUT2D eigenvalue weighted by Crippen LogP contribution is -2.37. The highest BCUT2D eigenvalue weighted by Crippen LogP contribution is 2.28. The maximum absolute atomic E-state index is 8.09. The molecule has 0 bridgehead atoms. The van der Waals surface area contributed by atoms with Crippen LogP contribution >= 0.6 is 0 Å². The Labute approximate surface area is 185 Å². The number of ether oxygens (including phenoxy) is 1. The second-order valence-electron chi connectivity index (χ2n) is 6.83. The average Bonchev–Trinajstić information content (AvgIpc) is 3.18. The summed E-state index contributed by atoms with van der Waals surface area (Å²) in [4.78, 5) is 16.5. The molecule has 0 aliphatic carbocycles. The number of hydrogen-bond donors (Lipinski definition) is 1. The molecule has 1 aliphatic rings. The molecule has 166 valence electrons. The topological polar surface area (TPSA) is 79.9 Å². The summed E-state index contributed by atoms with van der Waals surface area (Å²) in [6.45, 7) is 21.4. The fraction of sp³-hybridized carbons (Fsp3) is 0.417. The van der Waals surface area contributed by atoms with Gasteiger partial charge in [-0.1, -0.05) is 33.1 Å². The summed E-state index contributed by atoms with van der Waals surface area (Å²) in [5.41, 5.74) is 3.44. The van der Waals surface area contributed by atoms with E-state index >= 15 is 0 Å². The van der Waals surface area contributed by atoms with Gasteiger partial charge in [0, 0.05) is 25.2 Å². The van der Waals surface area contributed by atoms with Crippen molar-refractivity contribution >= 4 is 34.3 Å². The summed E-state index contributed by atoms with van der Waals surface area (Å²) in [6, 6.07) is 0. The van der Waals surface area contributed by atoms with Crippen LogP contribution in [0.3, 0.4) is 0 Å². The first-order chi connectivity index (χ1) is 15.0. The number of nitrogens with zero attached hydrogens (tertiary/aromatic N) is 5. The van der Waals surface area contributed by atoms with Crippen LogP contribution in [0.4, 0.5) is 5.82 Å². The summed E-state index contributed by atoms with van der Waals surface area (Å²) in [7, 11) is 0. The van der Waals surface area contributed by atoms with Crippen LogP contribution in [0.25, 0.3) is 22.8 Å². The van der Waals surface area contributed by atoms with Gasteiger partial charge in [0.1, 0.15) is 5.82 Å². The third kappa shape index (κ3) is 5.35. The molecule has 0 aromatic carbocycles. The highest BCUT2D eigenvalue weighted by molar-refractivity contribution is 6.07. The van der Waals surface area contributed by atoms with Gasteiger partial charge >= 0.3 is 0 Å². The Balaban J connectivity index is 0.00000166. The second kappa shape index (κ2) is 11.4. The summed E-state index contributed by atoms with van der Waals surface area (Å²) < 4.78 is 7.53. The number of imidazole rings is 1. The molecule has 1 saturated heterocycles. The molecular formula is C24H34N6O. The molecule has 1 N–H and O–H groups in total. The normalized spacial score (nSPS) is 14.5. The zero-order valence-electron chi connectivity index (χ0n) is 19.4. The monoisotopic (exact) mass is 422 g/mol. The summed E-state index contributed by atoms with van der Waals surface area (Å²) in [5.74, 6) is 2.10. The Bertz CT molecular complexity index is 1010. The number of nitrogens with one attached hydrogen (secondary N) is 1. The quantitative estimate of drug-likeness (QED) is 0.507. The van der Waals surface area contributed by atoms with E-state index in [0.717, 1.165) is 48.0 Å². The molecule has 0 atom stereocenters. The first-order valence-electron chi connectivity index (χ1n) is 10.8. The third-order valence-electron chi connectivity index (χ3n) is 4.85. The van der Waals surface area contributed by atoms with Crippen molar-refractivity contribution in [3.8, 4) is 0 Å². The molecule has 0 unspecified atom stereocenters. The molecule has 1 fully saturated rings. The van der Waals surface area contributed by atoms with E-state index in [1.807, 2.05) is 44.4 Å². The summed E-state index contributed by atoms with van der Waals surface area (Å²) in [5, 5.41) is 8.09. The lowest BCUT2D eigenvalue weighted by atomic mass is 10.1. The van der Waals surface area contributed by atoms with Crippen molar-refractivity contribution in [2.45, 2.75) is 41.2 Å². The van der Waals surface area contributed by atoms with Crippen molar-refractivity contribution in [3.05, 3.63) is 48.6 Å². The molecule has 7 nitrogen and oxygen atoms in total. The fourth-order valence-corrected chi connectivity index (χ4v) is 3.31. The van der Waals surface area contributed by atoms with Crippen LogP contribution in [0.15, 0.2) is 37.0 Å². The molecule has 0 amide bonds. The van der Waals surface area contributed by atoms with Crippen LogP contribution in [0.1, 0.15) is 46.3 Å². The average molecular weight is 423 g/mol. The molecule has 0 radical (unpaired) electrons. The molecule has 3 rings (SSSR count). The van der Waals surface area contributed by atoms with E-state index in [1.54, 1.807) is 12.2 Å². The van der Waals surface area contributed by atoms with Crippen LogP contribution in [0.2, 0.25) is 0 Å². The number of anilines is 1. The lowest BCUT2D eigenvalue weighted by Gasteiger charge is -2.28. The molecule has 2 aromatic rings. The molecule has 1 aliphatic heterocycles. The van der Waals surface area contributed by atoms with Crippen LogP contribution in [0.5, 0.6) is 0 Å². The van der Waals surface area contributed by atoms with E-state index in [4.69, 9.17) is 25.1 Å². The highest BCUT2D eigenvalue weighted by Gasteiger charge is 2.22. The molecule has 0 saturated carbocycles. The highest BCUT2D eigenvalue weighted by atomic mass is 16.5. The molecule has 7 heteroatoms. The van der Waals surface area contributed by atoms with Gasteiger partial charge in [-0.15, -0.1) is 0 Å². The number of hydrogen-bond acceptors (Lipinski definition) is 6. The predicted molar refractivity (Wildman–Crippen MR) is 131 cm³/mol. The first kappa shape index (κ1) is 24.2. The number of rotatable bonds is 7. The lowest BCUT2D eigenvalue weighted by molar-refractivity contribution is 0.122. The van der Waals surface area contributed by atoms with Crippen molar-refractivity contribution < 1.29 is 4.74 Å². The van der Waals surface area contributed by atoms with Crippen molar-refractivity contribution in [1.29, 1.82) is 5.41 Å². The van der Waals surface area contributed by atoms with Crippen molar-refractivity contribution in [2.24, 2.45) is 0 Å². The molecule has 0 spiro atoms. The van der Waals surface area contributed by atoms with E-state index in [0.29, 0.717) is 30.3 Å². The maximum atomic E-state index is 8.09. The maximum Gasteiger partial charge on any atom is 0.166 e. The minimum Gasteiger partial charge on any atom is -0.378 e. The number of morpholine rings is 1. The largest absolute Gasteiger partial charge is 0.378 e. The minimum atomic E-state index is 0.440. The van der Waals surface area contributed by atoms with Gasteiger partial charge < -0.3 is 19.6 Å². The molecule has 3 heterocycles. The van der Waals surface area contributed by atoms with Gasteiger partial charge in [0.25, 0.3) is 0 Å². The van der Waals surface area contributed by atoms with Crippen LogP contribution in [-0.4, -0.2) is 51.5 Å². The summed E-state index contributed by atoms with van der Waals surface area (Å²) >= 11 is 0. The van der Waals surface area contributed by atoms with Crippen molar-refractivity contribution in [1.82, 2.24) is 19.5 Å². The first-order valence-corrected chi connectivity index (χ1v) is 10.8. The van der Waals surface area contributed by atoms with E-state index in [1.165, 1.54) is 0 Å². The van der Waals surface area contributed by atoms with Gasteiger partial charge in [0.2, 0.25) is 0 Å². The van der Waals surface area contributed by atoms with Gasteiger partial charge in [-0.05, 0) is 44.6 Å². The van der Waals surface area contributed by atoms with Crippen LogP contribution < -0.4 is 4.90 Å². The van der Waals surface area contributed by atoms with Crippen LogP contribution in [-0.2, 0) is 11.3 Å². The van der Waals surface area contributed by atoms with Crippen LogP contribution in [0, 0.1) is 5.41 Å². The van der Waals surface area contributed by atoms with Crippen molar-refractivity contribution in [3.63, 3.8) is 0 Å². The Morgan fingerprint density at radius 2 is 1.87 bits per heavy atom. The standard InChI is InChI=1S/C22H28N6O.C2H6/c1-6-9-17(23)15(4)14-16(5)20-25-21(27-10-12-29-13-11-27)19-22(26-20)28(8-3)18(7-2)24-19;1-2/h6-7,9,14,23H,2,5,8,10-13H2,1,3-4H3;1-2H3/b9-6-,15-14+,23-17?;. The van der Waals surface area contributed by atoms with E-state index in [9.17, 15) is 0 Å². The Kier molecular flexibility index (Phi) is 8.88. The molecule has 2 aromatic heterocycles. The second-order valence-corrected chi connectivity index (χ2v) is 6.83.